The fourth-order valence-corrected chi connectivity index (χ4v) is 2.31. The van der Waals surface area contributed by atoms with E-state index in [0.29, 0.717) is 5.56 Å². The van der Waals surface area contributed by atoms with E-state index < -0.39 is 5.97 Å². The fraction of sp³-hybridized carbons (Fsp3) is 0. The van der Waals surface area contributed by atoms with Crippen LogP contribution in [0, 0.1) is 0 Å². The summed E-state index contributed by atoms with van der Waals surface area (Å²) in [5.74, 6) is -0.998. The normalized spacial score (nSPS) is 10.2. The first kappa shape index (κ1) is 10.2. The van der Waals surface area contributed by atoms with Crippen LogP contribution in [0.15, 0.2) is 35.0 Å². The van der Waals surface area contributed by atoms with Crippen LogP contribution in [0.4, 0.5) is 0 Å². The van der Waals surface area contributed by atoms with Gasteiger partial charge in [0.25, 0.3) is 0 Å². The van der Waals surface area contributed by atoms with Gasteiger partial charge in [-0.1, -0.05) is 23.7 Å². The van der Waals surface area contributed by atoms with Crippen LogP contribution in [0.5, 0.6) is 0 Å². The second-order valence-corrected chi connectivity index (χ2v) is 4.17. The second kappa shape index (κ2) is 4.04. The number of hydrogen-bond acceptors (Lipinski definition) is 2. The summed E-state index contributed by atoms with van der Waals surface area (Å²) in [5, 5.41) is 13.1. The maximum atomic E-state index is 11.1. The summed E-state index contributed by atoms with van der Waals surface area (Å²) in [6, 6.07) is 6.98. The number of hydrogen-bond donors (Lipinski definition) is 1. The lowest BCUT2D eigenvalue weighted by Gasteiger charge is -2.05. The number of aromatic carboxylic acids is 1. The van der Waals surface area contributed by atoms with Crippen LogP contribution in [0.3, 0.4) is 0 Å². The molecule has 0 fully saturated rings. The van der Waals surface area contributed by atoms with Gasteiger partial charge in [-0.05, 0) is 34.0 Å². The summed E-state index contributed by atoms with van der Waals surface area (Å²) in [6.07, 6.45) is 0. The molecule has 4 heteroatoms. The lowest BCUT2D eigenvalue weighted by Crippen LogP contribution is -2.00. The average Bonchev–Trinajstić information content (AvgIpc) is 2.69. The Morgan fingerprint density at radius 1 is 1.33 bits per heavy atom. The number of carbonyl (C=O) groups is 1. The highest BCUT2D eigenvalue weighted by atomic mass is 35.5. The highest BCUT2D eigenvalue weighted by Gasteiger charge is 2.15. The van der Waals surface area contributed by atoms with Gasteiger partial charge in [0.15, 0.2) is 0 Å². The molecule has 0 aliphatic rings. The number of halogens is 1. The molecule has 0 saturated heterocycles. The maximum Gasteiger partial charge on any atom is 0.337 e. The Labute approximate surface area is 95.8 Å². The van der Waals surface area contributed by atoms with Crippen LogP contribution < -0.4 is 0 Å². The molecular weight excluding hydrogens is 232 g/mol. The molecule has 0 spiro atoms. The lowest BCUT2D eigenvalue weighted by molar-refractivity contribution is 0.0698. The minimum absolute atomic E-state index is 0.164. The molecule has 0 bridgehead atoms. The van der Waals surface area contributed by atoms with E-state index in [-0.39, 0.29) is 10.6 Å². The van der Waals surface area contributed by atoms with Crippen molar-refractivity contribution in [1.82, 2.24) is 0 Å². The van der Waals surface area contributed by atoms with Gasteiger partial charge >= 0.3 is 5.97 Å². The van der Waals surface area contributed by atoms with Crippen LogP contribution in [0.2, 0.25) is 5.02 Å². The highest BCUT2D eigenvalue weighted by molar-refractivity contribution is 7.08. The molecule has 15 heavy (non-hydrogen) atoms. The Hall–Kier alpha value is -1.32. The SMILES string of the molecule is O=C(O)c1c(Cl)cccc1-c1ccsc1. The summed E-state index contributed by atoms with van der Waals surface area (Å²) < 4.78 is 0. The Kier molecular flexibility index (Phi) is 2.75. The zero-order valence-electron chi connectivity index (χ0n) is 7.61. The molecule has 0 saturated carbocycles. The maximum absolute atomic E-state index is 11.1. The Bertz CT molecular complexity index is 491. The summed E-state index contributed by atoms with van der Waals surface area (Å²) in [4.78, 5) is 11.1. The molecule has 2 nitrogen and oxygen atoms in total. The number of rotatable bonds is 2. The van der Waals surface area contributed by atoms with E-state index in [2.05, 4.69) is 0 Å². The van der Waals surface area contributed by atoms with Crippen molar-refractivity contribution in [2.24, 2.45) is 0 Å². The van der Waals surface area contributed by atoms with Crippen molar-refractivity contribution in [3.05, 3.63) is 45.6 Å². The van der Waals surface area contributed by atoms with Gasteiger partial charge in [0.05, 0.1) is 10.6 Å². The summed E-state index contributed by atoms with van der Waals surface area (Å²) in [6.45, 7) is 0. The average molecular weight is 239 g/mol. The Morgan fingerprint density at radius 2 is 2.13 bits per heavy atom. The summed E-state index contributed by atoms with van der Waals surface area (Å²) >= 11 is 7.39. The highest BCUT2D eigenvalue weighted by Crippen LogP contribution is 2.30. The van der Waals surface area contributed by atoms with Gasteiger partial charge in [-0.15, -0.1) is 0 Å². The largest absolute Gasteiger partial charge is 0.478 e. The van der Waals surface area contributed by atoms with Crippen LogP contribution >= 0.6 is 22.9 Å². The predicted octanol–water partition coefficient (Wildman–Crippen LogP) is 3.77. The molecule has 0 amide bonds. The molecule has 2 rings (SSSR count). The van der Waals surface area contributed by atoms with E-state index >= 15 is 0 Å². The van der Waals surface area contributed by atoms with Crippen LogP contribution in [0.1, 0.15) is 10.4 Å². The Morgan fingerprint density at radius 3 is 2.73 bits per heavy atom. The molecular formula is C11H7ClO2S. The minimum atomic E-state index is -0.998. The van der Waals surface area contributed by atoms with Gasteiger partial charge in [0.1, 0.15) is 0 Å². The molecule has 0 aliphatic heterocycles. The van der Waals surface area contributed by atoms with Gasteiger partial charge < -0.3 is 5.11 Å². The Balaban J connectivity index is 2.66. The van der Waals surface area contributed by atoms with Crippen LogP contribution in [-0.2, 0) is 0 Å². The smallest absolute Gasteiger partial charge is 0.337 e. The minimum Gasteiger partial charge on any atom is -0.478 e. The number of benzene rings is 1. The topological polar surface area (TPSA) is 37.3 Å². The first-order valence-electron chi connectivity index (χ1n) is 4.24. The number of carboxylic acids is 1. The standard InChI is InChI=1S/C11H7ClO2S/c12-9-3-1-2-8(10(9)11(13)14)7-4-5-15-6-7/h1-6H,(H,13,14). The van der Waals surface area contributed by atoms with Gasteiger partial charge in [-0.3, -0.25) is 0 Å². The van der Waals surface area contributed by atoms with Gasteiger partial charge in [-0.2, -0.15) is 11.3 Å². The third kappa shape index (κ3) is 1.89. The lowest BCUT2D eigenvalue weighted by atomic mass is 10.0. The molecule has 2 aromatic rings. The molecule has 0 unspecified atom stereocenters. The van der Waals surface area contributed by atoms with E-state index in [1.807, 2.05) is 16.8 Å². The van der Waals surface area contributed by atoms with E-state index in [1.165, 1.54) is 11.3 Å². The third-order valence-corrected chi connectivity index (χ3v) is 3.06. The van der Waals surface area contributed by atoms with Crippen LogP contribution in [0.25, 0.3) is 11.1 Å². The molecule has 1 aromatic heterocycles. The predicted molar refractivity (Wildman–Crippen MR) is 61.7 cm³/mol. The molecule has 1 heterocycles. The van der Waals surface area contributed by atoms with Gasteiger partial charge in [0.2, 0.25) is 0 Å². The molecule has 0 atom stereocenters. The molecule has 0 radical (unpaired) electrons. The number of carboxylic acid groups (broad SMARTS) is 1. The number of thiophene rings is 1. The van der Waals surface area contributed by atoms with Gasteiger partial charge in [0, 0.05) is 0 Å². The van der Waals surface area contributed by atoms with E-state index in [0.717, 1.165) is 5.56 Å². The van der Waals surface area contributed by atoms with E-state index in [4.69, 9.17) is 16.7 Å². The van der Waals surface area contributed by atoms with E-state index in [1.54, 1.807) is 18.2 Å². The zero-order valence-corrected chi connectivity index (χ0v) is 9.18. The van der Waals surface area contributed by atoms with Crippen molar-refractivity contribution in [1.29, 1.82) is 0 Å². The molecule has 1 aromatic carbocycles. The fourth-order valence-electron chi connectivity index (χ4n) is 1.40. The van der Waals surface area contributed by atoms with Crippen molar-refractivity contribution in [2.45, 2.75) is 0 Å². The molecule has 76 valence electrons. The third-order valence-electron chi connectivity index (χ3n) is 2.06. The first-order chi connectivity index (χ1) is 7.20. The van der Waals surface area contributed by atoms with E-state index in [9.17, 15) is 4.79 Å². The van der Waals surface area contributed by atoms with Crippen molar-refractivity contribution >= 4 is 28.9 Å². The summed E-state index contributed by atoms with van der Waals surface area (Å²) in [7, 11) is 0. The first-order valence-corrected chi connectivity index (χ1v) is 5.56. The second-order valence-electron chi connectivity index (χ2n) is 2.98. The molecule has 1 N–H and O–H groups in total. The van der Waals surface area contributed by atoms with Crippen molar-refractivity contribution < 1.29 is 9.90 Å². The summed E-state index contributed by atoms with van der Waals surface area (Å²) in [5.41, 5.74) is 1.72. The van der Waals surface area contributed by atoms with Crippen LogP contribution in [-0.4, -0.2) is 11.1 Å². The monoisotopic (exact) mass is 238 g/mol. The van der Waals surface area contributed by atoms with Crippen molar-refractivity contribution in [3.8, 4) is 11.1 Å². The quantitative estimate of drug-likeness (QED) is 0.865. The zero-order chi connectivity index (χ0) is 10.8. The van der Waals surface area contributed by atoms with Crippen molar-refractivity contribution in [2.75, 3.05) is 0 Å². The molecule has 0 aliphatic carbocycles. The van der Waals surface area contributed by atoms with Crippen molar-refractivity contribution in [3.63, 3.8) is 0 Å². The van der Waals surface area contributed by atoms with Gasteiger partial charge in [-0.25, -0.2) is 4.79 Å².